The number of oxazole rings is 1. The topological polar surface area (TPSA) is 26.0 Å². The normalized spacial score (nSPS) is 27.2. The van der Waals surface area contributed by atoms with E-state index in [1.165, 1.54) is 25.7 Å². The molecule has 1 fully saturated rings. The van der Waals surface area contributed by atoms with Gasteiger partial charge in [-0.2, -0.15) is 0 Å². The lowest BCUT2D eigenvalue weighted by molar-refractivity contribution is 0.307. The third-order valence-electron chi connectivity index (χ3n) is 3.50. The lowest BCUT2D eigenvalue weighted by Crippen LogP contribution is -2.11. The quantitative estimate of drug-likeness (QED) is 0.730. The Morgan fingerprint density at radius 3 is 2.47 bits per heavy atom. The molecule has 2 heteroatoms. The Hall–Kier alpha value is -0.790. The van der Waals surface area contributed by atoms with Crippen LogP contribution in [0.4, 0.5) is 0 Å². The molecule has 1 saturated carbocycles. The molecule has 2 nitrogen and oxygen atoms in total. The molecular weight excluding hydrogens is 186 g/mol. The molecule has 0 unspecified atom stereocenters. The van der Waals surface area contributed by atoms with Crippen LogP contribution in [0.15, 0.2) is 10.7 Å². The molecule has 0 saturated heterocycles. The highest BCUT2D eigenvalue weighted by atomic mass is 16.3. The summed E-state index contributed by atoms with van der Waals surface area (Å²) in [5.74, 6) is 2.92. The second kappa shape index (κ2) is 4.38. The van der Waals surface area contributed by atoms with E-state index in [0.717, 1.165) is 17.5 Å². The first-order valence-corrected chi connectivity index (χ1v) is 6.12. The maximum absolute atomic E-state index is 5.59. The molecule has 84 valence electrons. The predicted molar refractivity (Wildman–Crippen MR) is 61.0 cm³/mol. The van der Waals surface area contributed by atoms with Crippen LogP contribution in [-0.2, 0) is 0 Å². The minimum Gasteiger partial charge on any atom is -0.448 e. The molecule has 0 radical (unpaired) electrons. The van der Waals surface area contributed by atoms with E-state index in [9.17, 15) is 0 Å². The van der Waals surface area contributed by atoms with Crippen LogP contribution < -0.4 is 0 Å². The molecule has 0 spiro atoms. The van der Waals surface area contributed by atoms with Crippen molar-refractivity contribution in [2.45, 2.75) is 58.3 Å². The fourth-order valence-corrected chi connectivity index (χ4v) is 2.26. The molecule has 0 aliphatic heterocycles. The molecule has 1 aromatic rings. The molecule has 0 bridgehead atoms. The Morgan fingerprint density at radius 1 is 1.27 bits per heavy atom. The van der Waals surface area contributed by atoms with Gasteiger partial charge in [0, 0.05) is 5.92 Å². The van der Waals surface area contributed by atoms with Crippen molar-refractivity contribution in [3.63, 3.8) is 0 Å². The Kier molecular flexibility index (Phi) is 3.13. The molecule has 15 heavy (non-hydrogen) atoms. The van der Waals surface area contributed by atoms with Gasteiger partial charge in [-0.05, 0) is 37.5 Å². The van der Waals surface area contributed by atoms with Gasteiger partial charge in [0.1, 0.15) is 6.26 Å². The van der Waals surface area contributed by atoms with E-state index in [0.29, 0.717) is 11.8 Å². The van der Waals surface area contributed by atoms with E-state index in [1.807, 2.05) is 6.26 Å². The van der Waals surface area contributed by atoms with Crippen molar-refractivity contribution in [1.82, 2.24) is 4.98 Å². The van der Waals surface area contributed by atoms with E-state index in [-0.39, 0.29) is 0 Å². The lowest BCUT2D eigenvalue weighted by atomic mass is 9.83. The molecule has 1 aliphatic rings. The van der Waals surface area contributed by atoms with Crippen LogP contribution in [0.25, 0.3) is 0 Å². The first kappa shape index (κ1) is 10.7. The number of nitrogens with zero attached hydrogens (tertiary/aromatic N) is 1. The van der Waals surface area contributed by atoms with Gasteiger partial charge in [-0.15, -0.1) is 0 Å². The fraction of sp³-hybridized carbons (Fsp3) is 0.769. The van der Waals surface area contributed by atoms with Crippen LogP contribution in [0.3, 0.4) is 0 Å². The first-order chi connectivity index (χ1) is 7.16. The molecule has 0 N–H and O–H groups in total. The highest BCUT2D eigenvalue weighted by Crippen LogP contribution is 2.35. The summed E-state index contributed by atoms with van der Waals surface area (Å²) < 4.78 is 5.59. The summed E-state index contributed by atoms with van der Waals surface area (Å²) in [7, 11) is 0. The van der Waals surface area contributed by atoms with Crippen molar-refractivity contribution in [3.05, 3.63) is 17.8 Å². The zero-order chi connectivity index (χ0) is 10.8. The Balaban J connectivity index is 2.03. The van der Waals surface area contributed by atoms with Crippen molar-refractivity contribution >= 4 is 0 Å². The van der Waals surface area contributed by atoms with Gasteiger partial charge in [-0.1, -0.05) is 20.8 Å². The lowest BCUT2D eigenvalue weighted by Gasteiger charge is -2.23. The highest BCUT2D eigenvalue weighted by molar-refractivity contribution is 5.05. The van der Waals surface area contributed by atoms with E-state index in [1.54, 1.807) is 0 Å². The summed E-state index contributed by atoms with van der Waals surface area (Å²) in [6.07, 6.45) is 6.98. The summed E-state index contributed by atoms with van der Waals surface area (Å²) >= 11 is 0. The number of rotatable bonds is 2. The SMILES string of the molecule is CC(C)c1coc([C@H]2CC[C@H](C)CC2)n1. The minimum atomic E-state index is 0.477. The highest BCUT2D eigenvalue weighted by Gasteiger charge is 2.23. The van der Waals surface area contributed by atoms with E-state index < -0.39 is 0 Å². The van der Waals surface area contributed by atoms with Crippen LogP contribution >= 0.6 is 0 Å². The summed E-state index contributed by atoms with van der Waals surface area (Å²) in [5, 5.41) is 0. The van der Waals surface area contributed by atoms with Gasteiger partial charge in [0.15, 0.2) is 5.89 Å². The van der Waals surface area contributed by atoms with Gasteiger partial charge in [0.05, 0.1) is 5.69 Å². The molecular formula is C13H21NO. The molecule has 0 atom stereocenters. The van der Waals surface area contributed by atoms with Gasteiger partial charge in [0.2, 0.25) is 0 Å². The molecule has 1 heterocycles. The summed E-state index contributed by atoms with van der Waals surface area (Å²) in [4.78, 5) is 4.59. The van der Waals surface area contributed by atoms with Crippen molar-refractivity contribution in [2.24, 2.45) is 5.92 Å². The van der Waals surface area contributed by atoms with Gasteiger partial charge in [0.25, 0.3) is 0 Å². The standard InChI is InChI=1S/C13H21NO/c1-9(2)12-8-15-13(14-12)11-6-4-10(3)5-7-11/h8-11H,4-7H2,1-3H3/t10-,11-. The summed E-state index contributed by atoms with van der Waals surface area (Å²) in [5.41, 5.74) is 1.10. The van der Waals surface area contributed by atoms with E-state index in [4.69, 9.17) is 4.42 Å². The van der Waals surface area contributed by atoms with E-state index >= 15 is 0 Å². The number of hydrogen-bond donors (Lipinski definition) is 0. The first-order valence-electron chi connectivity index (χ1n) is 6.12. The van der Waals surface area contributed by atoms with Gasteiger partial charge in [-0.25, -0.2) is 4.98 Å². The maximum atomic E-state index is 5.59. The fourth-order valence-electron chi connectivity index (χ4n) is 2.26. The van der Waals surface area contributed by atoms with Crippen molar-refractivity contribution < 1.29 is 4.42 Å². The van der Waals surface area contributed by atoms with Crippen LogP contribution in [0.5, 0.6) is 0 Å². The molecule has 2 rings (SSSR count). The van der Waals surface area contributed by atoms with Crippen molar-refractivity contribution in [2.75, 3.05) is 0 Å². The smallest absolute Gasteiger partial charge is 0.197 e. The van der Waals surface area contributed by atoms with Crippen LogP contribution in [0.1, 0.15) is 69.9 Å². The largest absolute Gasteiger partial charge is 0.448 e. The summed E-state index contributed by atoms with van der Waals surface area (Å²) in [6.45, 7) is 6.65. The predicted octanol–water partition coefficient (Wildman–Crippen LogP) is 4.09. The monoisotopic (exact) mass is 207 g/mol. The van der Waals surface area contributed by atoms with Crippen molar-refractivity contribution in [1.29, 1.82) is 0 Å². The average Bonchev–Trinajstić information content (AvgIpc) is 2.68. The zero-order valence-corrected chi connectivity index (χ0v) is 9.99. The second-order valence-electron chi connectivity index (χ2n) is 5.22. The zero-order valence-electron chi connectivity index (χ0n) is 9.99. The van der Waals surface area contributed by atoms with Gasteiger partial charge in [-0.3, -0.25) is 0 Å². The maximum Gasteiger partial charge on any atom is 0.197 e. The number of aromatic nitrogens is 1. The molecule has 0 amide bonds. The molecule has 1 aliphatic carbocycles. The Bertz CT molecular complexity index is 308. The molecule has 1 aromatic heterocycles. The van der Waals surface area contributed by atoms with Gasteiger partial charge >= 0.3 is 0 Å². The number of hydrogen-bond acceptors (Lipinski definition) is 2. The third-order valence-corrected chi connectivity index (χ3v) is 3.50. The van der Waals surface area contributed by atoms with Crippen molar-refractivity contribution in [3.8, 4) is 0 Å². The summed E-state index contributed by atoms with van der Waals surface area (Å²) in [6, 6.07) is 0. The minimum absolute atomic E-state index is 0.477. The third kappa shape index (κ3) is 2.42. The second-order valence-corrected chi connectivity index (χ2v) is 5.22. The Morgan fingerprint density at radius 2 is 1.93 bits per heavy atom. The average molecular weight is 207 g/mol. The van der Waals surface area contributed by atoms with Gasteiger partial charge < -0.3 is 4.42 Å². The van der Waals surface area contributed by atoms with Crippen LogP contribution in [0, 0.1) is 5.92 Å². The van der Waals surface area contributed by atoms with Crippen LogP contribution in [-0.4, -0.2) is 4.98 Å². The van der Waals surface area contributed by atoms with Crippen LogP contribution in [0.2, 0.25) is 0 Å². The van der Waals surface area contributed by atoms with E-state index in [2.05, 4.69) is 25.8 Å². The molecule has 0 aromatic carbocycles. The Labute approximate surface area is 92.1 Å².